The van der Waals surface area contributed by atoms with Crippen molar-refractivity contribution in [2.45, 2.75) is 46.1 Å². The molecule has 128 valence electrons. The van der Waals surface area contributed by atoms with Crippen molar-refractivity contribution in [3.8, 4) is 5.88 Å². The Kier molecular flexibility index (Phi) is 4.78. The van der Waals surface area contributed by atoms with Crippen LogP contribution in [0.1, 0.15) is 35.6 Å². The van der Waals surface area contributed by atoms with E-state index >= 15 is 0 Å². The molecule has 1 amide bonds. The zero-order valence-electron chi connectivity index (χ0n) is 14.3. The fourth-order valence-corrected chi connectivity index (χ4v) is 2.90. The number of aryl methyl sites for hydroxylation is 3. The number of nitrogens with zero attached hydrogens (tertiary/aromatic N) is 4. The summed E-state index contributed by atoms with van der Waals surface area (Å²) in [5.41, 5.74) is 2.51. The van der Waals surface area contributed by atoms with Crippen LogP contribution in [0.5, 0.6) is 5.88 Å². The molecule has 1 aliphatic rings. The highest BCUT2D eigenvalue weighted by Gasteiger charge is 2.26. The highest BCUT2D eigenvalue weighted by atomic mass is 16.5. The van der Waals surface area contributed by atoms with Crippen molar-refractivity contribution < 1.29 is 14.1 Å². The predicted octanol–water partition coefficient (Wildman–Crippen LogP) is 2.00. The number of carbonyl (C=O) groups is 1. The van der Waals surface area contributed by atoms with Gasteiger partial charge in [-0.1, -0.05) is 5.16 Å². The molecule has 0 unspecified atom stereocenters. The van der Waals surface area contributed by atoms with Crippen LogP contribution in [0.4, 0.5) is 0 Å². The summed E-state index contributed by atoms with van der Waals surface area (Å²) in [6.45, 7) is 6.89. The number of hydrogen-bond donors (Lipinski definition) is 0. The van der Waals surface area contributed by atoms with E-state index in [1.54, 1.807) is 0 Å². The van der Waals surface area contributed by atoms with Gasteiger partial charge in [0.1, 0.15) is 11.9 Å². The summed E-state index contributed by atoms with van der Waals surface area (Å²) in [5.74, 6) is 1.29. The third kappa shape index (κ3) is 3.72. The summed E-state index contributed by atoms with van der Waals surface area (Å²) in [6, 6.07) is 3.68. The fraction of sp³-hybridized carbons (Fsp3) is 0.529. The van der Waals surface area contributed by atoms with E-state index in [4.69, 9.17) is 9.26 Å². The molecule has 0 N–H and O–H groups in total. The maximum atomic E-state index is 12.6. The molecule has 7 nitrogen and oxygen atoms in total. The van der Waals surface area contributed by atoms with Crippen LogP contribution >= 0.6 is 0 Å². The molecule has 2 aromatic heterocycles. The minimum absolute atomic E-state index is 0.0515. The maximum Gasteiger partial charge on any atom is 0.233 e. The van der Waals surface area contributed by atoms with E-state index in [9.17, 15) is 4.79 Å². The fourth-order valence-electron chi connectivity index (χ4n) is 2.90. The van der Waals surface area contributed by atoms with Gasteiger partial charge in [-0.3, -0.25) is 4.79 Å². The second kappa shape index (κ2) is 6.98. The number of likely N-dealkylation sites (tertiary alicyclic amines) is 1. The van der Waals surface area contributed by atoms with Gasteiger partial charge < -0.3 is 14.2 Å². The first-order chi connectivity index (χ1) is 11.5. The molecule has 7 heteroatoms. The standard InChI is InChI=1S/C17H22N4O3/c1-11-6-7-16(19-18-11)23-14-5-4-8-21(10-14)17(22)9-15-12(2)20-24-13(15)3/h6-7,14H,4-5,8-10H2,1-3H3/t14-/m0/s1. The molecular formula is C17H22N4O3. The van der Waals surface area contributed by atoms with Gasteiger partial charge in [0.25, 0.3) is 0 Å². The average Bonchev–Trinajstić information content (AvgIpc) is 2.89. The molecule has 0 aromatic carbocycles. The highest BCUT2D eigenvalue weighted by molar-refractivity contribution is 5.79. The first-order valence-electron chi connectivity index (χ1n) is 8.19. The van der Waals surface area contributed by atoms with Crippen LogP contribution in [-0.4, -0.2) is 45.4 Å². The van der Waals surface area contributed by atoms with Crippen LogP contribution in [-0.2, 0) is 11.2 Å². The van der Waals surface area contributed by atoms with E-state index in [0.29, 0.717) is 24.6 Å². The van der Waals surface area contributed by atoms with E-state index in [-0.39, 0.29) is 12.0 Å². The van der Waals surface area contributed by atoms with Gasteiger partial charge in [0, 0.05) is 18.2 Å². The zero-order chi connectivity index (χ0) is 17.1. The van der Waals surface area contributed by atoms with Crippen LogP contribution in [0.3, 0.4) is 0 Å². The number of rotatable bonds is 4. The SMILES string of the molecule is Cc1ccc(O[C@H]2CCCN(C(=O)Cc3c(C)noc3C)C2)nn1. The summed E-state index contributed by atoms with van der Waals surface area (Å²) in [4.78, 5) is 14.4. The second-order valence-corrected chi connectivity index (χ2v) is 6.21. The molecule has 2 aromatic rings. The molecule has 1 fully saturated rings. The minimum Gasteiger partial charge on any atom is -0.471 e. The number of amides is 1. The molecule has 0 bridgehead atoms. The maximum absolute atomic E-state index is 12.6. The molecule has 1 aliphatic heterocycles. The molecule has 0 radical (unpaired) electrons. The quantitative estimate of drug-likeness (QED) is 0.853. The van der Waals surface area contributed by atoms with Gasteiger partial charge in [-0.05, 0) is 39.7 Å². The Hall–Kier alpha value is -2.44. The number of carbonyl (C=O) groups excluding carboxylic acids is 1. The van der Waals surface area contributed by atoms with Gasteiger partial charge in [0.2, 0.25) is 11.8 Å². The van der Waals surface area contributed by atoms with E-state index in [1.165, 1.54) is 0 Å². The number of aromatic nitrogens is 3. The second-order valence-electron chi connectivity index (χ2n) is 6.21. The van der Waals surface area contributed by atoms with Gasteiger partial charge >= 0.3 is 0 Å². The molecule has 1 saturated heterocycles. The van der Waals surface area contributed by atoms with Crippen molar-refractivity contribution in [3.63, 3.8) is 0 Å². The Bertz CT molecular complexity index is 692. The lowest BCUT2D eigenvalue weighted by atomic mass is 10.1. The van der Waals surface area contributed by atoms with Crippen LogP contribution in [0, 0.1) is 20.8 Å². The van der Waals surface area contributed by atoms with Crippen LogP contribution in [0.25, 0.3) is 0 Å². The van der Waals surface area contributed by atoms with Gasteiger partial charge in [-0.2, -0.15) is 5.10 Å². The third-order valence-corrected chi connectivity index (χ3v) is 4.30. The van der Waals surface area contributed by atoms with Crippen molar-refractivity contribution in [2.24, 2.45) is 0 Å². The monoisotopic (exact) mass is 330 g/mol. The van der Waals surface area contributed by atoms with Crippen molar-refractivity contribution in [1.82, 2.24) is 20.3 Å². The first kappa shape index (κ1) is 16.4. The van der Waals surface area contributed by atoms with E-state index < -0.39 is 0 Å². The summed E-state index contributed by atoms with van der Waals surface area (Å²) in [6.07, 6.45) is 2.09. The number of piperidine rings is 1. The van der Waals surface area contributed by atoms with Gasteiger partial charge in [-0.25, -0.2) is 0 Å². The molecule has 24 heavy (non-hydrogen) atoms. The third-order valence-electron chi connectivity index (χ3n) is 4.30. The Balaban J connectivity index is 1.60. The largest absolute Gasteiger partial charge is 0.471 e. The summed E-state index contributed by atoms with van der Waals surface area (Å²) < 4.78 is 11.0. The molecular weight excluding hydrogens is 308 g/mol. The van der Waals surface area contributed by atoms with Crippen LogP contribution in [0.15, 0.2) is 16.7 Å². The van der Waals surface area contributed by atoms with Crippen molar-refractivity contribution >= 4 is 5.91 Å². The van der Waals surface area contributed by atoms with Crippen molar-refractivity contribution in [3.05, 3.63) is 34.8 Å². The molecule has 0 spiro atoms. The van der Waals surface area contributed by atoms with Gasteiger partial charge in [0.05, 0.1) is 24.4 Å². The molecule has 1 atom stereocenters. The normalized spacial score (nSPS) is 17.8. The lowest BCUT2D eigenvalue weighted by Gasteiger charge is -2.32. The first-order valence-corrected chi connectivity index (χ1v) is 8.19. The Morgan fingerprint density at radius 2 is 2.17 bits per heavy atom. The molecule has 0 saturated carbocycles. The van der Waals surface area contributed by atoms with E-state index in [0.717, 1.165) is 36.3 Å². The topological polar surface area (TPSA) is 81.4 Å². The predicted molar refractivity (Wildman–Crippen MR) is 86.7 cm³/mol. The summed E-state index contributed by atoms with van der Waals surface area (Å²) in [5, 5.41) is 11.9. The smallest absolute Gasteiger partial charge is 0.233 e. The van der Waals surface area contributed by atoms with Crippen molar-refractivity contribution in [1.29, 1.82) is 0 Å². The Morgan fingerprint density at radius 1 is 1.33 bits per heavy atom. The average molecular weight is 330 g/mol. The van der Waals surface area contributed by atoms with E-state index in [1.807, 2.05) is 37.8 Å². The minimum atomic E-state index is -0.0515. The van der Waals surface area contributed by atoms with Crippen LogP contribution in [0.2, 0.25) is 0 Å². The van der Waals surface area contributed by atoms with Crippen molar-refractivity contribution in [2.75, 3.05) is 13.1 Å². The lowest BCUT2D eigenvalue weighted by Crippen LogP contribution is -2.45. The Labute approximate surface area is 141 Å². The van der Waals surface area contributed by atoms with Crippen LogP contribution < -0.4 is 4.74 Å². The highest BCUT2D eigenvalue weighted by Crippen LogP contribution is 2.19. The molecule has 0 aliphatic carbocycles. The van der Waals surface area contributed by atoms with Gasteiger partial charge in [-0.15, -0.1) is 5.10 Å². The lowest BCUT2D eigenvalue weighted by molar-refractivity contribution is -0.133. The molecule has 3 rings (SSSR count). The Morgan fingerprint density at radius 3 is 2.83 bits per heavy atom. The number of ether oxygens (including phenoxy) is 1. The zero-order valence-corrected chi connectivity index (χ0v) is 14.3. The summed E-state index contributed by atoms with van der Waals surface area (Å²) >= 11 is 0. The van der Waals surface area contributed by atoms with E-state index in [2.05, 4.69) is 15.4 Å². The molecule has 3 heterocycles. The summed E-state index contributed by atoms with van der Waals surface area (Å²) in [7, 11) is 0. The van der Waals surface area contributed by atoms with Gasteiger partial charge in [0.15, 0.2) is 0 Å². The number of hydrogen-bond acceptors (Lipinski definition) is 6.